The molecular formula is C16H15N3O4S. The van der Waals surface area contributed by atoms with Gasteiger partial charge in [-0.3, -0.25) is 0 Å². The van der Waals surface area contributed by atoms with Crippen molar-refractivity contribution >= 4 is 11.3 Å². The number of nitrogens with zero attached hydrogens (tertiary/aromatic N) is 2. The molecule has 8 heteroatoms. The largest absolute Gasteiger partial charge is 0.496 e. The van der Waals surface area contributed by atoms with Gasteiger partial charge in [-0.2, -0.15) is 4.98 Å². The van der Waals surface area contributed by atoms with Crippen molar-refractivity contribution in [2.24, 2.45) is 0 Å². The molecule has 3 aromatic rings. The highest BCUT2D eigenvalue weighted by Gasteiger charge is 2.17. The first-order valence-electron chi connectivity index (χ1n) is 7.37. The van der Waals surface area contributed by atoms with Crippen LogP contribution < -0.4 is 19.5 Å². The molecule has 0 amide bonds. The van der Waals surface area contributed by atoms with E-state index in [-0.39, 0.29) is 6.79 Å². The summed E-state index contributed by atoms with van der Waals surface area (Å²) in [6.45, 7) is 1.32. The van der Waals surface area contributed by atoms with Crippen LogP contribution in [0, 0.1) is 0 Å². The van der Waals surface area contributed by atoms with E-state index in [9.17, 15) is 0 Å². The third-order valence-corrected chi connectivity index (χ3v) is 4.43. The van der Waals surface area contributed by atoms with Crippen LogP contribution in [-0.4, -0.2) is 24.0 Å². The lowest BCUT2D eigenvalue weighted by molar-refractivity contribution is 0.174. The smallest absolute Gasteiger partial charge is 0.268 e. The molecule has 0 spiro atoms. The average Bonchev–Trinajstić information content (AvgIpc) is 3.34. The molecule has 0 unspecified atom stereocenters. The second-order valence-electron chi connectivity index (χ2n) is 5.11. The number of ether oxygens (including phenoxy) is 3. The van der Waals surface area contributed by atoms with Crippen molar-refractivity contribution in [3.63, 3.8) is 0 Å². The fourth-order valence-electron chi connectivity index (χ4n) is 2.43. The van der Waals surface area contributed by atoms with E-state index < -0.39 is 0 Å². The summed E-state index contributed by atoms with van der Waals surface area (Å²) in [5.74, 6) is 3.33. The number of methoxy groups -OCH3 is 1. The van der Waals surface area contributed by atoms with E-state index in [1.165, 1.54) is 0 Å². The topological polar surface area (TPSA) is 78.6 Å². The molecule has 4 rings (SSSR count). The van der Waals surface area contributed by atoms with E-state index in [0.717, 1.165) is 21.9 Å². The summed E-state index contributed by atoms with van der Waals surface area (Å²) >= 11 is 1.57. The molecule has 0 radical (unpaired) electrons. The fourth-order valence-corrected chi connectivity index (χ4v) is 3.07. The quantitative estimate of drug-likeness (QED) is 0.736. The Morgan fingerprint density at radius 3 is 2.92 bits per heavy atom. The maximum atomic E-state index is 5.40. The molecule has 0 fully saturated rings. The van der Waals surface area contributed by atoms with Gasteiger partial charge in [-0.25, -0.2) is 0 Å². The lowest BCUT2D eigenvalue weighted by atomic mass is 10.1. The third-order valence-electron chi connectivity index (χ3n) is 3.57. The Balaban J connectivity index is 1.41. The Kier molecular flexibility index (Phi) is 4.06. The van der Waals surface area contributed by atoms with Crippen molar-refractivity contribution in [2.45, 2.75) is 13.1 Å². The van der Waals surface area contributed by atoms with Gasteiger partial charge in [0.1, 0.15) is 5.75 Å². The van der Waals surface area contributed by atoms with Gasteiger partial charge in [0.2, 0.25) is 6.79 Å². The van der Waals surface area contributed by atoms with Gasteiger partial charge in [0.25, 0.3) is 5.89 Å². The maximum absolute atomic E-state index is 5.40. The normalized spacial score (nSPS) is 12.5. The number of hydrogen-bond acceptors (Lipinski definition) is 8. The van der Waals surface area contributed by atoms with Crippen molar-refractivity contribution in [3.05, 3.63) is 41.0 Å². The highest BCUT2D eigenvalue weighted by Crippen LogP contribution is 2.38. The van der Waals surface area contributed by atoms with Gasteiger partial charge in [0.05, 0.1) is 18.5 Å². The highest BCUT2D eigenvalue weighted by molar-refractivity contribution is 7.13. The predicted molar refractivity (Wildman–Crippen MR) is 87.3 cm³/mol. The Hall–Kier alpha value is -2.58. The molecule has 24 heavy (non-hydrogen) atoms. The van der Waals surface area contributed by atoms with Crippen molar-refractivity contribution in [3.8, 4) is 28.0 Å². The van der Waals surface area contributed by atoms with Gasteiger partial charge in [-0.15, -0.1) is 11.3 Å². The number of benzene rings is 1. The van der Waals surface area contributed by atoms with E-state index in [4.69, 9.17) is 18.7 Å². The molecule has 1 aromatic carbocycles. The van der Waals surface area contributed by atoms with Gasteiger partial charge in [-0.1, -0.05) is 11.2 Å². The molecule has 124 valence electrons. The summed E-state index contributed by atoms with van der Waals surface area (Å²) in [7, 11) is 1.63. The zero-order valence-electron chi connectivity index (χ0n) is 12.9. The minimum atomic E-state index is 0.240. The summed E-state index contributed by atoms with van der Waals surface area (Å²) in [6, 6.07) is 7.66. The number of aromatic nitrogens is 2. The van der Waals surface area contributed by atoms with E-state index >= 15 is 0 Å². The first-order chi connectivity index (χ1) is 11.8. The van der Waals surface area contributed by atoms with Crippen LogP contribution in [0.3, 0.4) is 0 Å². The van der Waals surface area contributed by atoms with Gasteiger partial charge >= 0.3 is 0 Å². The molecule has 2 aromatic heterocycles. The van der Waals surface area contributed by atoms with Crippen LogP contribution in [-0.2, 0) is 13.1 Å². The number of hydrogen-bond donors (Lipinski definition) is 1. The number of thiophene rings is 1. The number of fused-ring (bicyclic) bond motifs is 1. The monoisotopic (exact) mass is 345 g/mol. The van der Waals surface area contributed by atoms with E-state index in [2.05, 4.69) is 15.5 Å². The first kappa shape index (κ1) is 15.0. The van der Waals surface area contributed by atoms with E-state index in [1.54, 1.807) is 18.4 Å². The van der Waals surface area contributed by atoms with Crippen molar-refractivity contribution < 1.29 is 18.7 Å². The SMILES string of the molecule is COc1cc2c(cc1CNCc1noc(-c3cccs3)n1)OCO2. The molecular weight excluding hydrogens is 330 g/mol. The van der Waals surface area contributed by atoms with Gasteiger partial charge in [-0.05, 0) is 17.5 Å². The summed E-state index contributed by atoms with van der Waals surface area (Å²) in [5, 5.41) is 9.25. The second kappa shape index (κ2) is 6.50. The summed E-state index contributed by atoms with van der Waals surface area (Å²) in [6.07, 6.45) is 0. The third kappa shape index (κ3) is 2.93. The average molecular weight is 345 g/mol. The minimum absolute atomic E-state index is 0.240. The fraction of sp³-hybridized carbons (Fsp3) is 0.250. The first-order valence-corrected chi connectivity index (χ1v) is 8.25. The lowest BCUT2D eigenvalue weighted by Gasteiger charge is -2.10. The maximum Gasteiger partial charge on any atom is 0.268 e. The molecule has 0 atom stereocenters. The molecule has 1 aliphatic heterocycles. The number of nitrogens with one attached hydrogen (secondary N) is 1. The van der Waals surface area contributed by atoms with Crippen LogP contribution in [0.5, 0.6) is 17.2 Å². The van der Waals surface area contributed by atoms with Crippen LogP contribution in [0.15, 0.2) is 34.2 Å². The van der Waals surface area contributed by atoms with Crippen molar-refractivity contribution in [2.75, 3.05) is 13.9 Å². The Morgan fingerprint density at radius 1 is 1.25 bits per heavy atom. The molecule has 0 saturated carbocycles. The summed E-state index contributed by atoms with van der Waals surface area (Å²) in [4.78, 5) is 5.34. The standard InChI is InChI=1S/C16H15N3O4S/c1-20-11-6-13-12(21-9-22-13)5-10(11)7-17-8-15-18-16(23-19-15)14-3-2-4-24-14/h2-6,17H,7-9H2,1H3. The van der Waals surface area contributed by atoms with Crippen LogP contribution >= 0.6 is 11.3 Å². The van der Waals surface area contributed by atoms with E-state index in [1.807, 2.05) is 29.6 Å². The van der Waals surface area contributed by atoms with Crippen LogP contribution in [0.4, 0.5) is 0 Å². The molecule has 0 saturated heterocycles. The highest BCUT2D eigenvalue weighted by atomic mass is 32.1. The van der Waals surface area contributed by atoms with Crippen LogP contribution in [0.1, 0.15) is 11.4 Å². The predicted octanol–water partition coefficient (Wildman–Crippen LogP) is 2.83. The molecule has 0 aliphatic carbocycles. The summed E-state index contributed by atoms with van der Waals surface area (Å²) < 4.78 is 21.4. The molecule has 0 bridgehead atoms. The molecule has 3 heterocycles. The molecule has 7 nitrogen and oxygen atoms in total. The van der Waals surface area contributed by atoms with Crippen molar-refractivity contribution in [1.82, 2.24) is 15.5 Å². The zero-order chi connectivity index (χ0) is 16.4. The Bertz CT molecular complexity index is 832. The number of rotatable bonds is 6. The second-order valence-corrected chi connectivity index (χ2v) is 6.06. The lowest BCUT2D eigenvalue weighted by Crippen LogP contribution is -2.14. The molecule has 1 aliphatic rings. The Labute approximate surface area is 142 Å². The zero-order valence-corrected chi connectivity index (χ0v) is 13.8. The van der Waals surface area contributed by atoms with Gasteiger partial charge in [0.15, 0.2) is 17.3 Å². The Morgan fingerprint density at radius 2 is 2.12 bits per heavy atom. The van der Waals surface area contributed by atoms with Crippen molar-refractivity contribution in [1.29, 1.82) is 0 Å². The van der Waals surface area contributed by atoms with Gasteiger partial charge < -0.3 is 24.1 Å². The minimum Gasteiger partial charge on any atom is -0.496 e. The molecule has 1 N–H and O–H groups in total. The van der Waals surface area contributed by atoms with E-state index in [0.29, 0.717) is 30.6 Å². The van der Waals surface area contributed by atoms with Crippen LogP contribution in [0.25, 0.3) is 10.8 Å². The summed E-state index contributed by atoms with van der Waals surface area (Å²) in [5.41, 5.74) is 0.976. The van der Waals surface area contributed by atoms with Crippen LogP contribution in [0.2, 0.25) is 0 Å². The van der Waals surface area contributed by atoms with Gasteiger partial charge in [0, 0.05) is 18.2 Å².